The summed E-state index contributed by atoms with van der Waals surface area (Å²) in [7, 11) is 0. The molecule has 0 aliphatic carbocycles. The number of hydrogen-bond donors (Lipinski definition) is 1. The van der Waals surface area contributed by atoms with Crippen molar-refractivity contribution >= 4 is 16.7 Å². The number of aromatic nitrogens is 2. The Morgan fingerprint density at radius 1 is 1.09 bits per heavy atom. The number of ether oxygens (including phenoxy) is 2. The van der Waals surface area contributed by atoms with Crippen LogP contribution < -0.4 is 19.9 Å². The summed E-state index contributed by atoms with van der Waals surface area (Å²) in [4.78, 5) is 23.7. The third-order valence-corrected chi connectivity index (χ3v) is 6.73. The molecule has 33 heavy (non-hydrogen) atoms. The molecule has 1 fully saturated rings. The van der Waals surface area contributed by atoms with E-state index in [1.807, 2.05) is 12.1 Å². The third kappa shape index (κ3) is 4.98. The number of unbranched alkanes of at least 4 members (excludes halogenated alkanes) is 1. The van der Waals surface area contributed by atoms with Gasteiger partial charge >= 0.3 is 0 Å². The summed E-state index contributed by atoms with van der Waals surface area (Å²) >= 11 is 0. The number of anilines is 1. The van der Waals surface area contributed by atoms with Crippen LogP contribution in [0.1, 0.15) is 37.7 Å². The predicted octanol–water partition coefficient (Wildman–Crippen LogP) is 3.79. The first kappa shape index (κ1) is 21.8. The summed E-state index contributed by atoms with van der Waals surface area (Å²) in [6, 6.07) is 13.5. The van der Waals surface area contributed by atoms with E-state index in [-0.39, 0.29) is 5.56 Å². The van der Waals surface area contributed by atoms with Gasteiger partial charge in [-0.15, -0.1) is 0 Å². The van der Waals surface area contributed by atoms with E-state index in [2.05, 4.69) is 44.9 Å². The fourth-order valence-electron chi connectivity index (χ4n) is 4.84. The minimum atomic E-state index is -0.151. The Kier molecular flexibility index (Phi) is 6.48. The molecule has 2 aliphatic rings. The number of piperazine rings is 1. The van der Waals surface area contributed by atoms with Crippen LogP contribution in [0.15, 0.2) is 47.3 Å². The topological polar surface area (TPSA) is 70.7 Å². The highest BCUT2D eigenvalue weighted by Gasteiger charge is 2.25. The molecule has 7 heteroatoms. The molecule has 1 saturated heterocycles. The summed E-state index contributed by atoms with van der Waals surface area (Å²) in [6.07, 6.45) is 3.17. The molecular weight excluding hydrogens is 416 g/mol. The van der Waals surface area contributed by atoms with Crippen LogP contribution in [0.5, 0.6) is 11.6 Å². The summed E-state index contributed by atoms with van der Waals surface area (Å²) in [6.45, 7) is 9.13. The van der Waals surface area contributed by atoms with Gasteiger partial charge in [-0.05, 0) is 56.0 Å². The highest BCUT2D eigenvalue weighted by molar-refractivity contribution is 5.74. The van der Waals surface area contributed by atoms with E-state index < -0.39 is 0 Å². The Bertz CT molecular complexity index is 1150. The summed E-state index contributed by atoms with van der Waals surface area (Å²) < 4.78 is 11.7. The smallest absolute Gasteiger partial charge is 0.249 e. The fraction of sp³-hybridized carbons (Fsp3) is 0.462. The molecular formula is C26H32N4O3. The fourth-order valence-corrected chi connectivity index (χ4v) is 4.84. The van der Waals surface area contributed by atoms with Crippen LogP contribution in [-0.2, 0) is 0 Å². The highest BCUT2D eigenvalue weighted by Crippen LogP contribution is 2.40. The maximum atomic E-state index is 11.5. The first-order valence-corrected chi connectivity index (χ1v) is 12.0. The first-order chi connectivity index (χ1) is 16.2. The van der Waals surface area contributed by atoms with Crippen LogP contribution in [0.2, 0.25) is 0 Å². The Balaban J connectivity index is 1.06. The number of rotatable bonds is 7. The molecule has 3 aromatic rings. The van der Waals surface area contributed by atoms with Crippen molar-refractivity contribution in [3.63, 3.8) is 0 Å². The molecule has 0 amide bonds. The zero-order valence-corrected chi connectivity index (χ0v) is 19.3. The van der Waals surface area contributed by atoms with Crippen molar-refractivity contribution in [2.75, 3.05) is 50.8 Å². The quantitative estimate of drug-likeness (QED) is 0.555. The molecule has 4 heterocycles. The van der Waals surface area contributed by atoms with Gasteiger partial charge in [-0.3, -0.25) is 9.69 Å². The molecule has 1 unspecified atom stereocenters. The number of pyridine rings is 2. The van der Waals surface area contributed by atoms with Crippen LogP contribution in [0.3, 0.4) is 0 Å². The normalized spacial score (nSPS) is 18.7. The van der Waals surface area contributed by atoms with Crippen molar-refractivity contribution < 1.29 is 9.47 Å². The number of hydrogen-bond acceptors (Lipinski definition) is 6. The lowest BCUT2D eigenvalue weighted by Gasteiger charge is -2.38. The second kappa shape index (κ2) is 9.83. The second-order valence-corrected chi connectivity index (χ2v) is 9.02. The highest BCUT2D eigenvalue weighted by atomic mass is 16.5. The minimum Gasteiger partial charge on any atom is -0.493 e. The molecule has 1 atom stereocenters. The maximum Gasteiger partial charge on any atom is 0.249 e. The van der Waals surface area contributed by atoms with Gasteiger partial charge < -0.3 is 19.4 Å². The average Bonchev–Trinajstić information content (AvgIpc) is 2.84. The molecule has 1 aromatic carbocycles. The van der Waals surface area contributed by atoms with Crippen molar-refractivity contribution in [2.24, 2.45) is 0 Å². The number of nitrogens with zero attached hydrogens (tertiary/aromatic N) is 3. The van der Waals surface area contributed by atoms with Gasteiger partial charge in [-0.1, -0.05) is 13.0 Å². The van der Waals surface area contributed by atoms with Gasteiger partial charge in [0.25, 0.3) is 0 Å². The van der Waals surface area contributed by atoms with E-state index in [0.29, 0.717) is 24.1 Å². The van der Waals surface area contributed by atoms with Crippen molar-refractivity contribution in [3.8, 4) is 11.6 Å². The molecule has 2 aliphatic heterocycles. The standard InChI is InChI=1S/C26H32N4O3/c1-19-11-18-32-22-6-4-5-21(25(19)22)30-15-13-29(14-16-30)12-2-3-17-33-24-10-8-20-7-9-23(31)27-26(20)28-24/h4-10,19H,2-3,11-18H2,1H3,(H,27,28,31). The molecule has 0 bridgehead atoms. The second-order valence-electron chi connectivity index (χ2n) is 9.02. The van der Waals surface area contributed by atoms with Gasteiger partial charge in [0.05, 0.1) is 13.2 Å². The lowest BCUT2D eigenvalue weighted by atomic mass is 9.92. The van der Waals surface area contributed by atoms with Crippen molar-refractivity contribution in [2.45, 2.75) is 32.1 Å². The van der Waals surface area contributed by atoms with E-state index in [0.717, 1.165) is 69.7 Å². The third-order valence-electron chi connectivity index (χ3n) is 6.73. The van der Waals surface area contributed by atoms with Gasteiger partial charge in [-0.25, -0.2) is 0 Å². The average molecular weight is 449 g/mol. The zero-order chi connectivity index (χ0) is 22.6. The molecule has 7 nitrogen and oxygen atoms in total. The zero-order valence-electron chi connectivity index (χ0n) is 19.3. The number of H-pyrrole nitrogens is 1. The number of benzene rings is 1. The van der Waals surface area contributed by atoms with E-state index in [1.54, 1.807) is 6.07 Å². The first-order valence-electron chi connectivity index (χ1n) is 12.0. The molecule has 1 N–H and O–H groups in total. The Morgan fingerprint density at radius 3 is 2.82 bits per heavy atom. The van der Waals surface area contributed by atoms with Gasteiger partial charge in [0, 0.05) is 54.9 Å². The summed E-state index contributed by atoms with van der Waals surface area (Å²) in [5.41, 5.74) is 3.17. The van der Waals surface area contributed by atoms with Crippen LogP contribution in [0.4, 0.5) is 5.69 Å². The molecule has 0 spiro atoms. The molecule has 5 rings (SSSR count). The predicted molar refractivity (Wildman–Crippen MR) is 131 cm³/mol. The van der Waals surface area contributed by atoms with Crippen LogP contribution >= 0.6 is 0 Å². The Morgan fingerprint density at radius 2 is 1.94 bits per heavy atom. The summed E-state index contributed by atoms with van der Waals surface area (Å²) in [5, 5.41) is 0.902. The van der Waals surface area contributed by atoms with Crippen LogP contribution in [0.25, 0.3) is 11.0 Å². The van der Waals surface area contributed by atoms with Crippen molar-refractivity contribution in [3.05, 3.63) is 58.4 Å². The lowest BCUT2D eigenvalue weighted by Crippen LogP contribution is -2.47. The Labute approximate surface area is 194 Å². The maximum absolute atomic E-state index is 11.5. The number of nitrogens with one attached hydrogen (secondary N) is 1. The van der Waals surface area contributed by atoms with Gasteiger partial charge in [-0.2, -0.15) is 4.98 Å². The van der Waals surface area contributed by atoms with E-state index in [1.165, 1.54) is 17.3 Å². The molecule has 0 saturated carbocycles. The van der Waals surface area contributed by atoms with Gasteiger partial charge in [0.1, 0.15) is 11.4 Å². The largest absolute Gasteiger partial charge is 0.493 e. The summed E-state index contributed by atoms with van der Waals surface area (Å²) in [5.74, 6) is 2.18. The number of fused-ring (bicyclic) bond motifs is 2. The van der Waals surface area contributed by atoms with Crippen molar-refractivity contribution in [1.82, 2.24) is 14.9 Å². The Hall–Kier alpha value is -3.06. The van der Waals surface area contributed by atoms with Crippen LogP contribution in [-0.4, -0.2) is 60.8 Å². The molecule has 174 valence electrons. The van der Waals surface area contributed by atoms with E-state index in [4.69, 9.17) is 9.47 Å². The SMILES string of the molecule is CC1CCOc2cccc(N3CCN(CCCCOc4ccc5ccc(=O)[nH]c5n4)CC3)c21. The monoisotopic (exact) mass is 448 g/mol. The minimum absolute atomic E-state index is 0.151. The van der Waals surface area contributed by atoms with E-state index >= 15 is 0 Å². The molecule has 0 radical (unpaired) electrons. The molecule has 2 aromatic heterocycles. The van der Waals surface area contributed by atoms with E-state index in [9.17, 15) is 4.79 Å². The van der Waals surface area contributed by atoms with Crippen LogP contribution in [0, 0.1) is 0 Å². The number of aromatic amines is 1. The van der Waals surface area contributed by atoms with Gasteiger partial charge in [0.15, 0.2) is 0 Å². The van der Waals surface area contributed by atoms with Gasteiger partial charge in [0.2, 0.25) is 11.4 Å². The lowest BCUT2D eigenvalue weighted by molar-refractivity contribution is 0.236. The van der Waals surface area contributed by atoms with Crippen molar-refractivity contribution in [1.29, 1.82) is 0 Å².